The summed E-state index contributed by atoms with van der Waals surface area (Å²) < 4.78 is 7.45. The van der Waals surface area contributed by atoms with Crippen LogP contribution >= 0.6 is 0 Å². The van der Waals surface area contributed by atoms with Crippen LogP contribution in [0.5, 0.6) is 5.75 Å². The number of ether oxygens (including phenoxy) is 1. The van der Waals surface area contributed by atoms with E-state index in [1.165, 1.54) is 0 Å². The molecule has 5 nitrogen and oxygen atoms in total. The van der Waals surface area contributed by atoms with Gasteiger partial charge in [0.2, 0.25) is 0 Å². The van der Waals surface area contributed by atoms with E-state index in [1.807, 2.05) is 16.9 Å². The highest BCUT2D eigenvalue weighted by molar-refractivity contribution is 5.44. The molecule has 0 amide bonds. The van der Waals surface area contributed by atoms with Gasteiger partial charge in [-0.15, -0.1) is 0 Å². The summed E-state index contributed by atoms with van der Waals surface area (Å²) in [7, 11) is 0. The first-order chi connectivity index (χ1) is 8.16. The highest BCUT2D eigenvalue weighted by Crippen LogP contribution is 2.18. The van der Waals surface area contributed by atoms with Crippen LogP contribution in [0, 0.1) is 0 Å². The molecule has 2 aromatic heterocycles. The van der Waals surface area contributed by atoms with E-state index in [0.717, 1.165) is 5.69 Å². The van der Waals surface area contributed by atoms with E-state index in [-0.39, 0.29) is 0 Å². The van der Waals surface area contributed by atoms with Gasteiger partial charge in [0.1, 0.15) is 6.61 Å². The number of anilines is 1. The Labute approximate surface area is 100 Å². The van der Waals surface area contributed by atoms with Crippen molar-refractivity contribution in [1.29, 1.82) is 0 Å². The summed E-state index contributed by atoms with van der Waals surface area (Å²) in [4.78, 5) is 3.95. The van der Waals surface area contributed by atoms with E-state index in [9.17, 15) is 0 Å². The molecule has 2 rings (SSSR count). The summed E-state index contributed by atoms with van der Waals surface area (Å²) in [6, 6.07) is 5.87. The Bertz CT molecular complexity index is 493. The molecule has 2 N–H and O–H groups in total. The first-order valence-electron chi connectivity index (χ1n) is 5.54. The van der Waals surface area contributed by atoms with Crippen LogP contribution in [0.2, 0.25) is 0 Å². The molecule has 0 aliphatic heterocycles. The Morgan fingerprint density at radius 3 is 2.88 bits per heavy atom. The molecule has 0 aliphatic carbocycles. The summed E-state index contributed by atoms with van der Waals surface area (Å²) >= 11 is 0. The van der Waals surface area contributed by atoms with Crippen LogP contribution in [0.3, 0.4) is 0 Å². The van der Waals surface area contributed by atoms with E-state index in [1.54, 1.807) is 18.3 Å². The molecule has 0 aliphatic rings. The topological polar surface area (TPSA) is 66.0 Å². The minimum Gasteiger partial charge on any atom is -0.483 e. The fraction of sp³-hybridized carbons (Fsp3) is 0.333. The van der Waals surface area contributed by atoms with Crippen LogP contribution in [-0.2, 0) is 6.61 Å². The fourth-order valence-electron chi connectivity index (χ4n) is 1.42. The van der Waals surface area contributed by atoms with Crippen LogP contribution in [0.25, 0.3) is 0 Å². The highest BCUT2D eigenvalue weighted by atomic mass is 16.5. The van der Waals surface area contributed by atoms with Gasteiger partial charge in [-0.25, -0.2) is 4.98 Å². The number of hydrogen-bond acceptors (Lipinski definition) is 4. The van der Waals surface area contributed by atoms with Gasteiger partial charge in [0, 0.05) is 18.4 Å². The van der Waals surface area contributed by atoms with Crippen LogP contribution in [0.1, 0.15) is 25.6 Å². The minimum atomic E-state index is 0.354. The SMILES string of the molecule is CC(C)n1ccc(COc2cccnc2N)n1. The van der Waals surface area contributed by atoms with Crippen molar-refractivity contribution in [2.24, 2.45) is 0 Å². The Morgan fingerprint density at radius 2 is 2.24 bits per heavy atom. The van der Waals surface area contributed by atoms with Crippen molar-refractivity contribution < 1.29 is 4.74 Å². The normalized spacial score (nSPS) is 10.8. The smallest absolute Gasteiger partial charge is 0.166 e. The number of aromatic nitrogens is 3. The molecule has 0 bridgehead atoms. The van der Waals surface area contributed by atoms with Gasteiger partial charge < -0.3 is 10.5 Å². The van der Waals surface area contributed by atoms with Crippen molar-refractivity contribution in [3.05, 3.63) is 36.3 Å². The second-order valence-electron chi connectivity index (χ2n) is 4.06. The molecule has 17 heavy (non-hydrogen) atoms. The number of rotatable bonds is 4. The van der Waals surface area contributed by atoms with Crippen LogP contribution in [0.15, 0.2) is 30.6 Å². The average Bonchev–Trinajstić information content (AvgIpc) is 2.77. The Kier molecular flexibility index (Phi) is 3.27. The monoisotopic (exact) mass is 232 g/mol. The Morgan fingerprint density at radius 1 is 1.41 bits per heavy atom. The summed E-state index contributed by atoms with van der Waals surface area (Å²) in [5.74, 6) is 0.988. The average molecular weight is 232 g/mol. The molecule has 0 aromatic carbocycles. The number of hydrogen-bond donors (Lipinski definition) is 1. The number of nitrogens with zero attached hydrogens (tertiary/aromatic N) is 3. The lowest BCUT2D eigenvalue weighted by Crippen LogP contribution is -2.04. The maximum absolute atomic E-state index is 5.68. The molecule has 0 fully saturated rings. The third kappa shape index (κ3) is 2.75. The molecule has 5 heteroatoms. The van der Waals surface area contributed by atoms with Crippen LogP contribution in [-0.4, -0.2) is 14.8 Å². The third-order valence-corrected chi connectivity index (χ3v) is 2.37. The number of nitrogen functional groups attached to an aromatic ring is 1. The zero-order chi connectivity index (χ0) is 12.3. The van der Waals surface area contributed by atoms with Crippen molar-refractivity contribution in [2.45, 2.75) is 26.5 Å². The molecule has 0 atom stereocenters. The lowest BCUT2D eigenvalue weighted by atomic mass is 10.4. The molecule has 0 saturated carbocycles. The van der Waals surface area contributed by atoms with Crippen LogP contribution in [0.4, 0.5) is 5.82 Å². The van der Waals surface area contributed by atoms with E-state index in [2.05, 4.69) is 23.9 Å². The largest absolute Gasteiger partial charge is 0.483 e. The summed E-state index contributed by atoms with van der Waals surface area (Å²) in [6.45, 7) is 4.56. The second-order valence-corrected chi connectivity index (χ2v) is 4.06. The van der Waals surface area contributed by atoms with E-state index in [0.29, 0.717) is 24.2 Å². The van der Waals surface area contributed by atoms with Crippen molar-refractivity contribution in [3.63, 3.8) is 0 Å². The Hall–Kier alpha value is -2.04. The van der Waals surface area contributed by atoms with Crippen molar-refractivity contribution >= 4 is 5.82 Å². The van der Waals surface area contributed by atoms with Gasteiger partial charge in [0.05, 0.1) is 5.69 Å². The molecule has 0 saturated heterocycles. The van der Waals surface area contributed by atoms with Gasteiger partial charge in [0.25, 0.3) is 0 Å². The summed E-state index contributed by atoms with van der Waals surface area (Å²) in [5, 5.41) is 4.38. The van der Waals surface area contributed by atoms with Gasteiger partial charge in [0.15, 0.2) is 11.6 Å². The minimum absolute atomic E-state index is 0.354. The third-order valence-electron chi connectivity index (χ3n) is 2.37. The van der Waals surface area contributed by atoms with Crippen molar-refractivity contribution in [3.8, 4) is 5.75 Å². The molecule has 0 spiro atoms. The number of pyridine rings is 1. The predicted molar refractivity (Wildman–Crippen MR) is 65.6 cm³/mol. The molecular weight excluding hydrogens is 216 g/mol. The lowest BCUT2D eigenvalue weighted by molar-refractivity contribution is 0.299. The van der Waals surface area contributed by atoms with Crippen LogP contribution < -0.4 is 10.5 Å². The van der Waals surface area contributed by atoms with Gasteiger partial charge in [-0.3, -0.25) is 4.68 Å². The fourth-order valence-corrected chi connectivity index (χ4v) is 1.42. The van der Waals surface area contributed by atoms with Gasteiger partial charge in [-0.2, -0.15) is 5.10 Å². The first kappa shape index (κ1) is 11.4. The van der Waals surface area contributed by atoms with Gasteiger partial charge in [-0.1, -0.05) is 0 Å². The first-order valence-corrected chi connectivity index (χ1v) is 5.54. The van der Waals surface area contributed by atoms with Crippen molar-refractivity contribution in [1.82, 2.24) is 14.8 Å². The zero-order valence-electron chi connectivity index (χ0n) is 10.00. The zero-order valence-corrected chi connectivity index (χ0v) is 10.00. The van der Waals surface area contributed by atoms with Crippen molar-refractivity contribution in [2.75, 3.05) is 5.73 Å². The quantitative estimate of drug-likeness (QED) is 0.875. The highest BCUT2D eigenvalue weighted by Gasteiger charge is 2.04. The molecule has 0 radical (unpaired) electrons. The predicted octanol–water partition coefficient (Wildman–Crippen LogP) is 2.02. The van der Waals surface area contributed by atoms with E-state index >= 15 is 0 Å². The Balaban J connectivity index is 2.00. The van der Waals surface area contributed by atoms with Gasteiger partial charge in [-0.05, 0) is 32.0 Å². The molecule has 90 valence electrons. The molecule has 0 unspecified atom stereocenters. The van der Waals surface area contributed by atoms with E-state index < -0.39 is 0 Å². The maximum atomic E-state index is 5.68. The number of nitrogens with two attached hydrogens (primary N) is 1. The summed E-state index contributed by atoms with van der Waals surface area (Å²) in [6.07, 6.45) is 3.58. The molecule has 2 heterocycles. The standard InChI is InChI=1S/C12H16N4O/c1-9(2)16-7-5-10(15-16)8-17-11-4-3-6-14-12(11)13/h3-7,9H,8H2,1-2H3,(H2,13,14). The lowest BCUT2D eigenvalue weighted by Gasteiger charge is -2.06. The molecule has 2 aromatic rings. The summed E-state index contributed by atoms with van der Waals surface area (Å²) in [5.41, 5.74) is 6.55. The second kappa shape index (κ2) is 4.86. The van der Waals surface area contributed by atoms with E-state index in [4.69, 9.17) is 10.5 Å². The molecular formula is C12H16N4O. The maximum Gasteiger partial charge on any atom is 0.166 e. The van der Waals surface area contributed by atoms with Gasteiger partial charge >= 0.3 is 0 Å².